The van der Waals surface area contributed by atoms with E-state index in [0.29, 0.717) is 13.2 Å². The Kier molecular flexibility index (Phi) is 6.64. The lowest BCUT2D eigenvalue weighted by Gasteiger charge is -2.18. The van der Waals surface area contributed by atoms with Gasteiger partial charge in [0, 0.05) is 13.2 Å². The first kappa shape index (κ1) is 17.5. The Hall–Kier alpha value is -1.60. The molecule has 0 bridgehead atoms. The molecule has 0 aromatic heterocycles. The fourth-order valence-corrected chi connectivity index (χ4v) is 1.74. The second-order valence-electron chi connectivity index (χ2n) is 4.09. The van der Waals surface area contributed by atoms with Gasteiger partial charge in [0.15, 0.2) is 6.29 Å². The zero-order valence-electron chi connectivity index (χ0n) is 11.9. The number of hydrogen-bond donors (Lipinski definition) is 1. The number of amides is 1. The van der Waals surface area contributed by atoms with Crippen LogP contribution in [0.3, 0.4) is 0 Å². The number of ether oxygens (including phenoxy) is 2. The minimum absolute atomic E-state index is 0.0211. The van der Waals surface area contributed by atoms with Crippen LogP contribution in [0, 0.1) is 0 Å². The van der Waals surface area contributed by atoms with Crippen molar-refractivity contribution in [3.8, 4) is 0 Å². The van der Waals surface area contributed by atoms with Gasteiger partial charge < -0.3 is 14.8 Å². The van der Waals surface area contributed by atoms with E-state index in [2.05, 4.69) is 5.32 Å². The average molecular weight is 305 g/mol. The van der Waals surface area contributed by atoms with Crippen LogP contribution < -0.4 is 5.32 Å². The minimum atomic E-state index is -4.58. The van der Waals surface area contributed by atoms with Crippen LogP contribution in [0.25, 0.3) is 0 Å². The molecule has 0 radical (unpaired) electrons. The summed E-state index contributed by atoms with van der Waals surface area (Å²) in [5.74, 6) is -0.813. The van der Waals surface area contributed by atoms with Crippen LogP contribution >= 0.6 is 0 Å². The highest BCUT2D eigenvalue weighted by Gasteiger charge is 2.34. The van der Waals surface area contributed by atoms with Gasteiger partial charge in [0.25, 0.3) is 5.91 Å². The molecule has 0 fully saturated rings. The molecule has 118 valence electrons. The molecule has 0 unspecified atom stereocenters. The molecule has 4 nitrogen and oxygen atoms in total. The molecule has 0 aliphatic heterocycles. The van der Waals surface area contributed by atoms with Crippen molar-refractivity contribution in [1.82, 2.24) is 5.32 Å². The third kappa shape index (κ3) is 5.35. The number of hydrogen-bond acceptors (Lipinski definition) is 3. The van der Waals surface area contributed by atoms with Gasteiger partial charge >= 0.3 is 6.18 Å². The molecule has 0 spiro atoms. The van der Waals surface area contributed by atoms with Crippen molar-refractivity contribution in [2.45, 2.75) is 26.3 Å². The maximum absolute atomic E-state index is 12.8. The number of alkyl halides is 3. The first-order valence-corrected chi connectivity index (χ1v) is 6.57. The van der Waals surface area contributed by atoms with E-state index in [4.69, 9.17) is 9.47 Å². The topological polar surface area (TPSA) is 47.6 Å². The van der Waals surface area contributed by atoms with Crippen molar-refractivity contribution in [2.24, 2.45) is 0 Å². The highest BCUT2D eigenvalue weighted by Crippen LogP contribution is 2.31. The Labute approximate surface area is 121 Å². The van der Waals surface area contributed by atoms with Crippen LogP contribution in [0.15, 0.2) is 24.3 Å². The second-order valence-corrected chi connectivity index (χ2v) is 4.09. The zero-order valence-corrected chi connectivity index (χ0v) is 11.9. The number of halogens is 3. The Morgan fingerprint density at radius 1 is 1.19 bits per heavy atom. The lowest BCUT2D eigenvalue weighted by Crippen LogP contribution is -2.36. The SMILES string of the molecule is CCOC(CNC(=O)c1ccccc1C(F)(F)F)OCC. The van der Waals surface area contributed by atoms with Gasteiger partial charge in [-0.05, 0) is 26.0 Å². The van der Waals surface area contributed by atoms with Crippen LogP contribution in [0.2, 0.25) is 0 Å². The Bertz CT molecular complexity index is 457. The lowest BCUT2D eigenvalue weighted by molar-refractivity contribution is -0.138. The van der Waals surface area contributed by atoms with E-state index in [0.717, 1.165) is 12.1 Å². The third-order valence-electron chi connectivity index (χ3n) is 2.61. The third-order valence-corrected chi connectivity index (χ3v) is 2.61. The van der Waals surface area contributed by atoms with Gasteiger partial charge in [-0.2, -0.15) is 13.2 Å². The fourth-order valence-electron chi connectivity index (χ4n) is 1.74. The highest BCUT2D eigenvalue weighted by atomic mass is 19.4. The summed E-state index contributed by atoms with van der Waals surface area (Å²) in [5, 5.41) is 2.39. The lowest BCUT2D eigenvalue weighted by atomic mass is 10.1. The summed E-state index contributed by atoms with van der Waals surface area (Å²) in [6.07, 6.45) is -5.25. The zero-order chi connectivity index (χ0) is 15.9. The van der Waals surface area contributed by atoms with Crippen molar-refractivity contribution in [2.75, 3.05) is 19.8 Å². The molecule has 7 heteroatoms. The fraction of sp³-hybridized carbons (Fsp3) is 0.500. The standard InChI is InChI=1S/C14H18F3NO3/c1-3-20-12(21-4-2)9-18-13(19)10-7-5-6-8-11(10)14(15,16)17/h5-8,12H,3-4,9H2,1-2H3,(H,18,19). The van der Waals surface area contributed by atoms with Gasteiger partial charge in [-0.3, -0.25) is 4.79 Å². The largest absolute Gasteiger partial charge is 0.417 e. The Morgan fingerprint density at radius 3 is 2.29 bits per heavy atom. The molecule has 0 atom stereocenters. The van der Waals surface area contributed by atoms with Gasteiger partial charge in [0.05, 0.1) is 17.7 Å². The van der Waals surface area contributed by atoms with Gasteiger partial charge in [0.2, 0.25) is 0 Å². The quantitative estimate of drug-likeness (QED) is 0.788. The molecule has 21 heavy (non-hydrogen) atoms. The molecular formula is C14H18F3NO3. The molecule has 0 heterocycles. The van der Waals surface area contributed by atoms with Crippen LogP contribution in [0.1, 0.15) is 29.8 Å². The van der Waals surface area contributed by atoms with Crippen molar-refractivity contribution in [1.29, 1.82) is 0 Å². The van der Waals surface area contributed by atoms with Crippen molar-refractivity contribution in [3.05, 3.63) is 35.4 Å². The number of nitrogens with one attached hydrogen (secondary N) is 1. The molecule has 1 amide bonds. The predicted molar refractivity (Wildman–Crippen MR) is 70.8 cm³/mol. The van der Waals surface area contributed by atoms with E-state index in [1.54, 1.807) is 13.8 Å². The number of benzene rings is 1. The van der Waals surface area contributed by atoms with Gasteiger partial charge in [-0.15, -0.1) is 0 Å². The average Bonchev–Trinajstić information content (AvgIpc) is 2.44. The normalized spacial score (nSPS) is 11.7. The van der Waals surface area contributed by atoms with Crippen LogP contribution in [0.4, 0.5) is 13.2 Å². The van der Waals surface area contributed by atoms with Gasteiger partial charge in [0.1, 0.15) is 0 Å². The van der Waals surface area contributed by atoms with Crippen LogP contribution in [0.5, 0.6) is 0 Å². The summed E-state index contributed by atoms with van der Waals surface area (Å²) in [6.45, 7) is 4.24. The van der Waals surface area contributed by atoms with Crippen molar-refractivity contribution >= 4 is 5.91 Å². The highest BCUT2D eigenvalue weighted by molar-refractivity contribution is 5.95. The molecule has 1 N–H and O–H groups in total. The monoisotopic (exact) mass is 305 g/mol. The minimum Gasteiger partial charge on any atom is -0.351 e. The number of carbonyl (C=O) groups excluding carboxylic acids is 1. The number of rotatable bonds is 7. The first-order chi connectivity index (χ1) is 9.90. The summed E-state index contributed by atoms with van der Waals surface area (Å²) in [6, 6.07) is 4.63. The first-order valence-electron chi connectivity index (χ1n) is 6.57. The van der Waals surface area contributed by atoms with E-state index in [1.807, 2.05) is 0 Å². The molecular weight excluding hydrogens is 287 g/mol. The summed E-state index contributed by atoms with van der Waals surface area (Å²) in [7, 11) is 0. The Morgan fingerprint density at radius 2 is 1.76 bits per heavy atom. The summed E-state index contributed by atoms with van der Waals surface area (Å²) in [4.78, 5) is 11.9. The second kappa shape index (κ2) is 7.99. The predicted octanol–water partition coefficient (Wildman–Crippen LogP) is 2.83. The molecule has 1 rings (SSSR count). The van der Waals surface area contributed by atoms with Crippen molar-refractivity contribution < 1.29 is 27.4 Å². The molecule has 0 saturated carbocycles. The maximum Gasteiger partial charge on any atom is 0.417 e. The summed E-state index contributed by atoms with van der Waals surface area (Å²) in [5.41, 5.74) is -1.39. The Balaban J connectivity index is 2.76. The molecule has 0 aliphatic carbocycles. The summed E-state index contributed by atoms with van der Waals surface area (Å²) >= 11 is 0. The van der Waals surface area contributed by atoms with E-state index < -0.39 is 29.5 Å². The maximum atomic E-state index is 12.8. The van der Waals surface area contributed by atoms with Gasteiger partial charge in [-0.1, -0.05) is 12.1 Å². The van der Waals surface area contributed by atoms with Crippen LogP contribution in [-0.4, -0.2) is 32.0 Å². The van der Waals surface area contributed by atoms with E-state index in [9.17, 15) is 18.0 Å². The molecule has 1 aromatic carbocycles. The van der Waals surface area contributed by atoms with Crippen LogP contribution in [-0.2, 0) is 15.7 Å². The van der Waals surface area contributed by atoms with E-state index in [1.165, 1.54) is 12.1 Å². The van der Waals surface area contributed by atoms with E-state index >= 15 is 0 Å². The smallest absolute Gasteiger partial charge is 0.351 e. The van der Waals surface area contributed by atoms with Gasteiger partial charge in [-0.25, -0.2) is 0 Å². The summed E-state index contributed by atoms with van der Waals surface area (Å²) < 4.78 is 48.9. The van der Waals surface area contributed by atoms with E-state index in [-0.39, 0.29) is 6.54 Å². The molecule has 0 saturated heterocycles. The number of carbonyl (C=O) groups is 1. The van der Waals surface area contributed by atoms with Crippen molar-refractivity contribution in [3.63, 3.8) is 0 Å². The molecule has 0 aliphatic rings. The molecule has 1 aromatic rings.